The van der Waals surface area contributed by atoms with Crippen molar-refractivity contribution in [1.82, 2.24) is 0 Å². The Hall–Kier alpha value is -1.36. The minimum absolute atomic E-state index is 0.0485. The predicted molar refractivity (Wildman–Crippen MR) is 63.5 cm³/mol. The highest BCUT2D eigenvalue weighted by molar-refractivity contribution is 7.91. The number of sulfone groups is 1. The van der Waals surface area contributed by atoms with Crippen molar-refractivity contribution in [1.29, 1.82) is 0 Å². The van der Waals surface area contributed by atoms with Crippen LogP contribution in [0.3, 0.4) is 0 Å². The van der Waals surface area contributed by atoms with Crippen molar-refractivity contribution >= 4 is 15.8 Å². The fourth-order valence-corrected chi connectivity index (χ4v) is 3.69. The third-order valence-electron chi connectivity index (χ3n) is 2.79. The van der Waals surface area contributed by atoms with Crippen LogP contribution in [0.1, 0.15) is 16.8 Å². The molecule has 1 aromatic rings. The summed E-state index contributed by atoms with van der Waals surface area (Å²) < 4.78 is 27.5. The van der Waals surface area contributed by atoms with Gasteiger partial charge in [0.2, 0.25) is 0 Å². The first kappa shape index (κ1) is 12.1. The summed E-state index contributed by atoms with van der Waals surface area (Å²) in [6.07, 6.45) is 0.588. The molecule has 1 saturated heterocycles. The minimum Gasteiger partial charge on any atom is -0.462 e. The van der Waals surface area contributed by atoms with Crippen molar-refractivity contribution in [3.63, 3.8) is 0 Å². The third kappa shape index (κ3) is 3.30. The quantitative estimate of drug-likeness (QED) is 0.762. The van der Waals surface area contributed by atoms with Gasteiger partial charge in [0.1, 0.15) is 0 Å². The van der Waals surface area contributed by atoms with Gasteiger partial charge in [-0.25, -0.2) is 13.2 Å². The first-order chi connectivity index (χ1) is 8.07. The normalized spacial score (nSPS) is 22.2. The summed E-state index contributed by atoms with van der Waals surface area (Å²) in [6, 6.07) is 8.69. The summed E-state index contributed by atoms with van der Waals surface area (Å²) in [4.78, 5) is 11.6. The van der Waals surface area contributed by atoms with Crippen molar-refractivity contribution in [2.75, 3.05) is 18.1 Å². The van der Waals surface area contributed by atoms with Gasteiger partial charge in [0, 0.05) is 5.92 Å². The number of hydrogen-bond acceptors (Lipinski definition) is 4. The molecule has 92 valence electrons. The Balaban J connectivity index is 1.86. The highest BCUT2D eigenvalue weighted by Gasteiger charge is 2.28. The van der Waals surface area contributed by atoms with Crippen LogP contribution in [0.15, 0.2) is 30.3 Å². The third-order valence-corrected chi connectivity index (χ3v) is 4.62. The van der Waals surface area contributed by atoms with Gasteiger partial charge in [-0.2, -0.15) is 0 Å². The maximum Gasteiger partial charge on any atom is 0.338 e. The Bertz CT molecular complexity index is 492. The van der Waals surface area contributed by atoms with Crippen LogP contribution in [0.4, 0.5) is 0 Å². The van der Waals surface area contributed by atoms with E-state index in [0.29, 0.717) is 12.0 Å². The lowest BCUT2D eigenvalue weighted by atomic mass is 10.1. The van der Waals surface area contributed by atoms with E-state index in [9.17, 15) is 13.2 Å². The predicted octanol–water partition coefficient (Wildman–Crippen LogP) is 1.28. The standard InChI is InChI=1S/C12H14O4S/c13-12(11-4-2-1-3-5-11)16-8-10-6-7-17(14,15)9-10/h1-5,10H,6-9H2/t10-/m0/s1. The summed E-state index contributed by atoms with van der Waals surface area (Å²) in [5.74, 6) is -0.0992. The van der Waals surface area contributed by atoms with Crippen LogP contribution in [0.25, 0.3) is 0 Å². The zero-order chi connectivity index (χ0) is 12.3. The summed E-state index contributed by atoms with van der Waals surface area (Å²) >= 11 is 0. The highest BCUT2D eigenvalue weighted by Crippen LogP contribution is 2.18. The smallest absolute Gasteiger partial charge is 0.338 e. The van der Waals surface area contributed by atoms with Crippen LogP contribution < -0.4 is 0 Å². The molecular weight excluding hydrogens is 240 g/mol. The Morgan fingerprint density at radius 2 is 2.00 bits per heavy atom. The number of hydrogen-bond donors (Lipinski definition) is 0. The Kier molecular flexibility index (Phi) is 3.47. The van der Waals surface area contributed by atoms with Crippen LogP contribution >= 0.6 is 0 Å². The molecule has 0 unspecified atom stereocenters. The van der Waals surface area contributed by atoms with E-state index in [1.807, 2.05) is 6.07 Å². The van der Waals surface area contributed by atoms with Crippen molar-refractivity contribution in [2.24, 2.45) is 5.92 Å². The van der Waals surface area contributed by atoms with E-state index in [-0.39, 0.29) is 24.0 Å². The summed E-state index contributed by atoms with van der Waals surface area (Å²) in [7, 11) is -2.90. The zero-order valence-electron chi connectivity index (χ0n) is 9.33. The fourth-order valence-electron chi connectivity index (χ4n) is 1.85. The van der Waals surface area contributed by atoms with Crippen molar-refractivity contribution in [3.8, 4) is 0 Å². The summed E-state index contributed by atoms with van der Waals surface area (Å²) in [5, 5.41) is 0. The van der Waals surface area contributed by atoms with E-state index >= 15 is 0 Å². The molecule has 1 aliphatic rings. The first-order valence-corrected chi connectivity index (χ1v) is 7.31. The lowest BCUT2D eigenvalue weighted by Crippen LogP contribution is -2.15. The van der Waals surface area contributed by atoms with Gasteiger partial charge in [-0.1, -0.05) is 18.2 Å². The molecule has 5 heteroatoms. The molecule has 0 radical (unpaired) electrons. The molecule has 0 spiro atoms. The van der Waals surface area contributed by atoms with Gasteiger partial charge < -0.3 is 4.74 Å². The molecule has 1 fully saturated rings. The molecule has 4 nitrogen and oxygen atoms in total. The van der Waals surface area contributed by atoms with E-state index in [0.717, 1.165) is 0 Å². The molecule has 0 N–H and O–H groups in total. The SMILES string of the molecule is O=C(OC[C@@H]1CCS(=O)(=O)C1)c1ccccc1. The minimum atomic E-state index is -2.90. The molecular formula is C12H14O4S. The van der Waals surface area contributed by atoms with E-state index in [2.05, 4.69) is 0 Å². The second-order valence-corrected chi connectivity index (χ2v) is 6.46. The van der Waals surface area contributed by atoms with Crippen LogP contribution in [0, 0.1) is 5.92 Å². The van der Waals surface area contributed by atoms with Gasteiger partial charge in [-0.3, -0.25) is 0 Å². The zero-order valence-corrected chi connectivity index (χ0v) is 10.2. The molecule has 2 rings (SSSR count). The average Bonchev–Trinajstić information content (AvgIpc) is 2.67. The largest absolute Gasteiger partial charge is 0.462 e. The molecule has 1 aromatic carbocycles. The van der Waals surface area contributed by atoms with Gasteiger partial charge in [-0.15, -0.1) is 0 Å². The molecule has 1 atom stereocenters. The Morgan fingerprint density at radius 1 is 1.29 bits per heavy atom. The monoisotopic (exact) mass is 254 g/mol. The van der Waals surface area contributed by atoms with E-state index in [1.54, 1.807) is 24.3 Å². The van der Waals surface area contributed by atoms with Crippen LogP contribution in [-0.4, -0.2) is 32.5 Å². The number of ether oxygens (including phenoxy) is 1. The summed E-state index contributed by atoms with van der Waals surface area (Å²) in [5.41, 5.74) is 0.494. The van der Waals surface area contributed by atoms with E-state index < -0.39 is 15.8 Å². The van der Waals surface area contributed by atoms with E-state index in [4.69, 9.17) is 4.74 Å². The van der Waals surface area contributed by atoms with Crippen molar-refractivity contribution in [3.05, 3.63) is 35.9 Å². The second kappa shape index (κ2) is 4.87. The maximum absolute atomic E-state index is 11.6. The number of carbonyl (C=O) groups excluding carboxylic acids is 1. The molecule has 0 bridgehead atoms. The van der Waals surface area contributed by atoms with Crippen LogP contribution in [0.5, 0.6) is 0 Å². The fraction of sp³-hybridized carbons (Fsp3) is 0.417. The van der Waals surface area contributed by atoms with Crippen LogP contribution in [0.2, 0.25) is 0 Å². The second-order valence-electron chi connectivity index (χ2n) is 4.23. The molecule has 0 amide bonds. The maximum atomic E-state index is 11.6. The van der Waals surface area contributed by atoms with Crippen molar-refractivity contribution < 1.29 is 17.9 Å². The van der Waals surface area contributed by atoms with Gasteiger partial charge >= 0.3 is 5.97 Å². The molecule has 1 heterocycles. The number of rotatable bonds is 3. The lowest BCUT2D eigenvalue weighted by Gasteiger charge is -2.08. The Morgan fingerprint density at radius 3 is 2.59 bits per heavy atom. The van der Waals surface area contributed by atoms with Gasteiger partial charge in [0.05, 0.1) is 23.7 Å². The number of benzene rings is 1. The highest BCUT2D eigenvalue weighted by atomic mass is 32.2. The number of carbonyl (C=O) groups is 1. The summed E-state index contributed by atoms with van der Waals surface area (Å²) in [6.45, 7) is 0.187. The molecule has 1 aliphatic heterocycles. The number of esters is 1. The molecule has 17 heavy (non-hydrogen) atoms. The van der Waals surface area contributed by atoms with E-state index in [1.165, 1.54) is 0 Å². The lowest BCUT2D eigenvalue weighted by molar-refractivity contribution is 0.0453. The average molecular weight is 254 g/mol. The van der Waals surface area contributed by atoms with Crippen molar-refractivity contribution in [2.45, 2.75) is 6.42 Å². The molecule has 0 aromatic heterocycles. The molecule has 0 aliphatic carbocycles. The topological polar surface area (TPSA) is 60.4 Å². The first-order valence-electron chi connectivity index (χ1n) is 5.49. The van der Waals surface area contributed by atoms with Gasteiger partial charge in [0.25, 0.3) is 0 Å². The van der Waals surface area contributed by atoms with Crippen LogP contribution in [-0.2, 0) is 14.6 Å². The Labute approximate surface area is 101 Å². The van der Waals surface area contributed by atoms with Gasteiger partial charge in [-0.05, 0) is 18.6 Å². The van der Waals surface area contributed by atoms with Gasteiger partial charge in [0.15, 0.2) is 9.84 Å². The molecule has 0 saturated carbocycles.